The van der Waals surface area contributed by atoms with Crippen LogP contribution in [0, 0.1) is 5.41 Å². The smallest absolute Gasteiger partial charge is 0.0366 e. The fourth-order valence-corrected chi connectivity index (χ4v) is 2.76. The fourth-order valence-electron chi connectivity index (χ4n) is 2.76. The van der Waals surface area contributed by atoms with Crippen LogP contribution >= 0.6 is 0 Å². The first-order chi connectivity index (χ1) is 8.75. The fraction of sp³-hybridized carbons (Fsp3) is 0.625. The maximum absolute atomic E-state index is 3.77. The van der Waals surface area contributed by atoms with Gasteiger partial charge in [-0.25, -0.2) is 0 Å². The second-order valence-electron chi connectivity index (χ2n) is 6.29. The largest absolute Gasteiger partial charge is 0.371 e. The number of para-hydroxylation sites is 1. The highest BCUT2D eigenvalue weighted by Crippen LogP contribution is 2.44. The zero-order valence-corrected chi connectivity index (χ0v) is 11.4. The van der Waals surface area contributed by atoms with Crippen LogP contribution < -0.4 is 10.2 Å². The molecule has 0 aromatic heterocycles. The predicted octanol–water partition coefficient (Wildman–Crippen LogP) is 3.05. The van der Waals surface area contributed by atoms with Gasteiger partial charge in [-0.3, -0.25) is 0 Å². The minimum absolute atomic E-state index is 0.635. The molecular formula is C16H24N2. The Hall–Kier alpha value is -1.02. The van der Waals surface area contributed by atoms with Crippen molar-refractivity contribution in [3.8, 4) is 0 Å². The molecule has 0 unspecified atom stereocenters. The number of hydrogen-bond acceptors (Lipinski definition) is 2. The lowest BCUT2D eigenvalue weighted by Crippen LogP contribution is -2.43. The van der Waals surface area contributed by atoms with E-state index in [1.54, 1.807) is 0 Å². The van der Waals surface area contributed by atoms with Crippen LogP contribution in [-0.2, 0) is 0 Å². The Balaban J connectivity index is 1.46. The third-order valence-corrected chi connectivity index (χ3v) is 4.54. The molecule has 2 aliphatic rings. The van der Waals surface area contributed by atoms with Crippen LogP contribution in [0.2, 0.25) is 0 Å². The number of anilines is 1. The van der Waals surface area contributed by atoms with E-state index in [9.17, 15) is 0 Å². The minimum atomic E-state index is 0.635. The van der Waals surface area contributed by atoms with E-state index in [1.807, 2.05) is 0 Å². The van der Waals surface area contributed by atoms with Crippen LogP contribution in [0.4, 0.5) is 5.69 Å². The zero-order valence-electron chi connectivity index (χ0n) is 11.4. The van der Waals surface area contributed by atoms with Crippen molar-refractivity contribution in [3.63, 3.8) is 0 Å². The van der Waals surface area contributed by atoms with Crippen molar-refractivity contribution >= 4 is 5.69 Å². The Morgan fingerprint density at radius 1 is 1.17 bits per heavy atom. The summed E-state index contributed by atoms with van der Waals surface area (Å²) in [5.41, 5.74) is 2.02. The van der Waals surface area contributed by atoms with E-state index in [-0.39, 0.29) is 0 Å². The van der Waals surface area contributed by atoms with Gasteiger partial charge in [0, 0.05) is 31.4 Å². The molecule has 1 N–H and O–H groups in total. The standard InChI is InChI=1S/C16H24N2/c1-16(9-10-16)13-17-14-7-11-18(12-8-14)15-5-3-2-4-6-15/h2-6,14,17H,7-13H2,1H3. The quantitative estimate of drug-likeness (QED) is 0.875. The molecule has 0 amide bonds. The Bertz CT molecular complexity index is 375. The number of piperidine rings is 1. The van der Waals surface area contributed by atoms with Gasteiger partial charge in [0.1, 0.15) is 0 Å². The number of nitrogens with one attached hydrogen (secondary N) is 1. The predicted molar refractivity (Wildman–Crippen MR) is 77.0 cm³/mol. The highest BCUT2D eigenvalue weighted by atomic mass is 15.1. The van der Waals surface area contributed by atoms with Crippen molar-refractivity contribution in [1.82, 2.24) is 5.32 Å². The van der Waals surface area contributed by atoms with E-state index >= 15 is 0 Å². The van der Waals surface area contributed by atoms with Gasteiger partial charge in [-0.15, -0.1) is 0 Å². The van der Waals surface area contributed by atoms with E-state index in [2.05, 4.69) is 47.5 Å². The van der Waals surface area contributed by atoms with Gasteiger partial charge in [0.05, 0.1) is 0 Å². The molecule has 18 heavy (non-hydrogen) atoms. The molecule has 1 saturated carbocycles. The number of nitrogens with zero attached hydrogens (tertiary/aromatic N) is 1. The van der Waals surface area contributed by atoms with Gasteiger partial charge in [-0.2, -0.15) is 0 Å². The van der Waals surface area contributed by atoms with Gasteiger partial charge >= 0.3 is 0 Å². The van der Waals surface area contributed by atoms with Crippen molar-refractivity contribution in [1.29, 1.82) is 0 Å². The number of hydrogen-bond donors (Lipinski definition) is 1. The Morgan fingerprint density at radius 2 is 1.83 bits per heavy atom. The topological polar surface area (TPSA) is 15.3 Å². The number of rotatable bonds is 4. The Morgan fingerprint density at radius 3 is 2.44 bits per heavy atom. The molecule has 3 rings (SSSR count). The van der Waals surface area contributed by atoms with Gasteiger partial charge in [-0.1, -0.05) is 25.1 Å². The van der Waals surface area contributed by atoms with Crippen LogP contribution in [0.5, 0.6) is 0 Å². The number of benzene rings is 1. The second-order valence-corrected chi connectivity index (χ2v) is 6.29. The molecule has 1 aliphatic carbocycles. The van der Waals surface area contributed by atoms with Crippen molar-refractivity contribution in [3.05, 3.63) is 30.3 Å². The van der Waals surface area contributed by atoms with E-state index in [1.165, 1.54) is 51.0 Å². The summed E-state index contributed by atoms with van der Waals surface area (Å²) in [7, 11) is 0. The lowest BCUT2D eigenvalue weighted by molar-refractivity contribution is 0.377. The van der Waals surface area contributed by atoms with Gasteiger partial charge in [0.15, 0.2) is 0 Å². The average Bonchev–Trinajstić information content (AvgIpc) is 3.17. The van der Waals surface area contributed by atoms with E-state index in [4.69, 9.17) is 0 Å². The molecular weight excluding hydrogens is 220 g/mol. The highest BCUT2D eigenvalue weighted by molar-refractivity contribution is 5.46. The molecule has 1 saturated heterocycles. The van der Waals surface area contributed by atoms with Crippen LogP contribution in [-0.4, -0.2) is 25.7 Å². The van der Waals surface area contributed by atoms with E-state index < -0.39 is 0 Å². The van der Waals surface area contributed by atoms with Crippen LogP contribution in [0.1, 0.15) is 32.6 Å². The highest BCUT2D eigenvalue weighted by Gasteiger charge is 2.37. The van der Waals surface area contributed by atoms with Gasteiger partial charge in [-0.05, 0) is 43.2 Å². The SMILES string of the molecule is CC1(CNC2CCN(c3ccccc3)CC2)CC1. The normalized spacial score (nSPS) is 23.1. The first-order valence-corrected chi connectivity index (χ1v) is 7.29. The van der Waals surface area contributed by atoms with Crippen LogP contribution in [0.15, 0.2) is 30.3 Å². The summed E-state index contributed by atoms with van der Waals surface area (Å²) in [5, 5.41) is 3.77. The molecule has 98 valence electrons. The summed E-state index contributed by atoms with van der Waals surface area (Å²) >= 11 is 0. The zero-order chi connectivity index (χ0) is 12.4. The summed E-state index contributed by atoms with van der Waals surface area (Å²) in [6, 6.07) is 11.5. The molecule has 0 radical (unpaired) electrons. The van der Waals surface area contributed by atoms with Crippen molar-refractivity contribution < 1.29 is 0 Å². The lowest BCUT2D eigenvalue weighted by atomic mass is 10.0. The van der Waals surface area contributed by atoms with E-state index in [0.29, 0.717) is 5.41 Å². The Labute approximate surface area is 110 Å². The first kappa shape index (κ1) is 12.0. The molecule has 2 nitrogen and oxygen atoms in total. The minimum Gasteiger partial charge on any atom is -0.371 e. The average molecular weight is 244 g/mol. The summed E-state index contributed by atoms with van der Waals surface area (Å²) in [6.45, 7) is 6.01. The molecule has 1 aromatic carbocycles. The molecule has 0 atom stereocenters. The van der Waals surface area contributed by atoms with Gasteiger partial charge < -0.3 is 10.2 Å². The van der Waals surface area contributed by atoms with Gasteiger partial charge in [0.2, 0.25) is 0 Å². The maximum atomic E-state index is 3.77. The van der Waals surface area contributed by atoms with Crippen LogP contribution in [0.3, 0.4) is 0 Å². The molecule has 1 heterocycles. The third kappa shape index (κ3) is 2.86. The maximum Gasteiger partial charge on any atom is 0.0366 e. The van der Waals surface area contributed by atoms with Crippen molar-refractivity contribution in [2.24, 2.45) is 5.41 Å². The summed E-state index contributed by atoms with van der Waals surface area (Å²) in [5.74, 6) is 0. The summed E-state index contributed by atoms with van der Waals surface area (Å²) < 4.78 is 0. The monoisotopic (exact) mass is 244 g/mol. The molecule has 0 spiro atoms. The van der Waals surface area contributed by atoms with E-state index in [0.717, 1.165) is 6.04 Å². The first-order valence-electron chi connectivity index (χ1n) is 7.29. The van der Waals surface area contributed by atoms with Crippen molar-refractivity contribution in [2.45, 2.75) is 38.6 Å². The van der Waals surface area contributed by atoms with Gasteiger partial charge in [0.25, 0.3) is 0 Å². The Kier molecular flexibility index (Phi) is 3.29. The molecule has 2 fully saturated rings. The lowest BCUT2D eigenvalue weighted by Gasteiger charge is -2.34. The summed E-state index contributed by atoms with van der Waals surface area (Å²) in [6.07, 6.45) is 5.40. The summed E-state index contributed by atoms with van der Waals surface area (Å²) in [4.78, 5) is 2.51. The molecule has 0 bridgehead atoms. The van der Waals surface area contributed by atoms with Crippen LogP contribution in [0.25, 0.3) is 0 Å². The van der Waals surface area contributed by atoms with Crippen molar-refractivity contribution in [2.75, 3.05) is 24.5 Å². The molecule has 2 heteroatoms. The second kappa shape index (κ2) is 4.93. The third-order valence-electron chi connectivity index (χ3n) is 4.54. The molecule has 1 aromatic rings. The molecule has 1 aliphatic heterocycles.